The van der Waals surface area contributed by atoms with Crippen LogP contribution in [0.2, 0.25) is 0 Å². The Morgan fingerprint density at radius 2 is 1.86 bits per heavy atom. The number of halogens is 2. The molecule has 4 heteroatoms. The molecule has 0 N–H and O–H groups in total. The van der Waals surface area contributed by atoms with Crippen LogP contribution in [0.15, 0.2) is 46.9 Å². The first-order chi connectivity index (χ1) is 10.1. The van der Waals surface area contributed by atoms with Crippen molar-refractivity contribution in [2.75, 3.05) is 7.11 Å². The van der Waals surface area contributed by atoms with Crippen LogP contribution in [0, 0.1) is 5.82 Å². The van der Waals surface area contributed by atoms with Gasteiger partial charge in [0.1, 0.15) is 17.3 Å². The number of carbonyl (C=O) groups is 1. The zero-order valence-electron chi connectivity index (χ0n) is 11.7. The highest BCUT2D eigenvalue weighted by molar-refractivity contribution is 9.10. The van der Waals surface area contributed by atoms with E-state index in [2.05, 4.69) is 15.9 Å². The average Bonchev–Trinajstić information content (AvgIpc) is 2.44. The van der Waals surface area contributed by atoms with Gasteiger partial charge in [-0.25, -0.2) is 4.39 Å². The largest absolute Gasteiger partial charge is 0.497 e. The smallest absolute Gasteiger partial charge is 0.137 e. The van der Waals surface area contributed by atoms with Crippen molar-refractivity contribution in [1.82, 2.24) is 0 Å². The van der Waals surface area contributed by atoms with Gasteiger partial charge >= 0.3 is 0 Å². The summed E-state index contributed by atoms with van der Waals surface area (Å²) in [6, 6.07) is 12.2. The van der Waals surface area contributed by atoms with E-state index in [0.29, 0.717) is 22.9 Å². The molecular formula is C17H16BrFO2. The maximum absolute atomic E-state index is 13.2. The number of ketones is 1. The van der Waals surface area contributed by atoms with Gasteiger partial charge in [0.2, 0.25) is 0 Å². The van der Waals surface area contributed by atoms with Gasteiger partial charge in [0, 0.05) is 17.3 Å². The van der Waals surface area contributed by atoms with Crippen LogP contribution in [0.5, 0.6) is 5.75 Å². The Hall–Kier alpha value is -1.68. The number of Topliss-reactive ketones (excluding diaryl/α,β-unsaturated/α-hetero) is 1. The van der Waals surface area contributed by atoms with Crippen LogP contribution in [-0.2, 0) is 17.6 Å². The number of hydrogen-bond donors (Lipinski definition) is 0. The van der Waals surface area contributed by atoms with E-state index in [1.54, 1.807) is 13.2 Å². The van der Waals surface area contributed by atoms with Crippen LogP contribution >= 0.6 is 15.9 Å². The van der Waals surface area contributed by atoms with Crippen LogP contribution < -0.4 is 4.74 Å². The van der Waals surface area contributed by atoms with E-state index in [4.69, 9.17) is 4.74 Å². The molecule has 0 saturated heterocycles. The summed E-state index contributed by atoms with van der Waals surface area (Å²) in [4.78, 5) is 12.0. The molecule has 0 bridgehead atoms. The molecule has 0 atom stereocenters. The summed E-state index contributed by atoms with van der Waals surface area (Å²) in [5.41, 5.74) is 1.78. The number of ether oxygens (including phenoxy) is 1. The molecule has 0 unspecified atom stereocenters. The molecular weight excluding hydrogens is 335 g/mol. The van der Waals surface area contributed by atoms with E-state index >= 15 is 0 Å². The third-order valence-electron chi connectivity index (χ3n) is 3.18. The minimum absolute atomic E-state index is 0.100. The van der Waals surface area contributed by atoms with Gasteiger partial charge in [0.15, 0.2) is 0 Å². The lowest BCUT2D eigenvalue weighted by Gasteiger charge is -2.04. The molecule has 110 valence electrons. The van der Waals surface area contributed by atoms with Crippen LogP contribution in [0.1, 0.15) is 17.5 Å². The van der Waals surface area contributed by atoms with Crippen molar-refractivity contribution >= 4 is 21.7 Å². The summed E-state index contributed by atoms with van der Waals surface area (Å²) >= 11 is 3.23. The van der Waals surface area contributed by atoms with Crippen molar-refractivity contribution in [3.05, 3.63) is 63.9 Å². The third-order valence-corrected chi connectivity index (χ3v) is 3.63. The number of carbonyl (C=O) groups excluding carboxylic acids is 1. The molecule has 0 saturated carbocycles. The summed E-state index contributed by atoms with van der Waals surface area (Å²) in [6.45, 7) is 0. The number of aryl methyl sites for hydroxylation is 1. The average molecular weight is 351 g/mol. The fourth-order valence-electron chi connectivity index (χ4n) is 2.11. The quantitative estimate of drug-likeness (QED) is 0.774. The SMILES string of the molecule is COc1ccc(CCC(=O)Cc2cc(F)cc(Br)c2)cc1. The maximum atomic E-state index is 13.2. The molecule has 2 rings (SSSR count). The summed E-state index contributed by atoms with van der Waals surface area (Å²) in [5, 5.41) is 0. The first-order valence-corrected chi connectivity index (χ1v) is 7.46. The van der Waals surface area contributed by atoms with Crippen LogP contribution in [0.3, 0.4) is 0 Å². The number of hydrogen-bond acceptors (Lipinski definition) is 2. The van der Waals surface area contributed by atoms with Gasteiger partial charge in [-0.3, -0.25) is 4.79 Å². The van der Waals surface area contributed by atoms with Gasteiger partial charge in [-0.1, -0.05) is 28.1 Å². The van der Waals surface area contributed by atoms with Crippen molar-refractivity contribution in [3.63, 3.8) is 0 Å². The maximum Gasteiger partial charge on any atom is 0.137 e. The van der Waals surface area contributed by atoms with E-state index in [1.807, 2.05) is 24.3 Å². The second-order valence-corrected chi connectivity index (χ2v) is 5.76. The zero-order valence-corrected chi connectivity index (χ0v) is 13.3. The number of benzene rings is 2. The van der Waals surface area contributed by atoms with Gasteiger partial charge in [-0.2, -0.15) is 0 Å². The molecule has 0 spiro atoms. The predicted octanol–water partition coefficient (Wildman–Crippen LogP) is 4.34. The Labute approximate surface area is 132 Å². The van der Waals surface area contributed by atoms with E-state index in [0.717, 1.165) is 11.3 Å². The summed E-state index contributed by atoms with van der Waals surface area (Å²) < 4.78 is 19.0. The molecule has 0 heterocycles. The predicted molar refractivity (Wildman–Crippen MR) is 84.1 cm³/mol. The second-order valence-electron chi connectivity index (χ2n) is 4.84. The lowest BCUT2D eigenvalue weighted by Crippen LogP contribution is -2.04. The van der Waals surface area contributed by atoms with Crippen molar-refractivity contribution in [1.29, 1.82) is 0 Å². The topological polar surface area (TPSA) is 26.3 Å². The van der Waals surface area contributed by atoms with E-state index < -0.39 is 0 Å². The van der Waals surface area contributed by atoms with Crippen LogP contribution in [0.25, 0.3) is 0 Å². The Morgan fingerprint density at radius 3 is 2.48 bits per heavy atom. The summed E-state index contributed by atoms with van der Waals surface area (Å²) in [6.07, 6.45) is 1.38. The van der Waals surface area contributed by atoms with Crippen molar-refractivity contribution in [2.45, 2.75) is 19.3 Å². The zero-order chi connectivity index (χ0) is 15.2. The molecule has 0 aliphatic heterocycles. The van der Waals surface area contributed by atoms with E-state index in [1.165, 1.54) is 12.1 Å². The molecule has 0 aliphatic carbocycles. The lowest BCUT2D eigenvalue weighted by atomic mass is 10.0. The second kappa shape index (κ2) is 7.36. The normalized spacial score (nSPS) is 10.4. The van der Waals surface area contributed by atoms with Crippen LogP contribution in [0.4, 0.5) is 4.39 Å². The fourth-order valence-corrected chi connectivity index (χ4v) is 2.62. The molecule has 21 heavy (non-hydrogen) atoms. The third kappa shape index (κ3) is 4.97. The minimum Gasteiger partial charge on any atom is -0.497 e. The van der Waals surface area contributed by atoms with Gasteiger partial charge in [0.25, 0.3) is 0 Å². The number of rotatable bonds is 6. The summed E-state index contributed by atoms with van der Waals surface area (Å²) in [7, 11) is 1.62. The molecule has 2 nitrogen and oxygen atoms in total. The Morgan fingerprint density at radius 1 is 1.14 bits per heavy atom. The molecule has 2 aromatic carbocycles. The van der Waals surface area contributed by atoms with Gasteiger partial charge < -0.3 is 4.74 Å². The highest BCUT2D eigenvalue weighted by atomic mass is 79.9. The fraction of sp³-hybridized carbons (Fsp3) is 0.235. The highest BCUT2D eigenvalue weighted by Gasteiger charge is 2.07. The van der Waals surface area contributed by atoms with Crippen molar-refractivity contribution < 1.29 is 13.9 Å². The molecule has 0 fully saturated rings. The first kappa shape index (κ1) is 15.7. The molecule has 0 amide bonds. The molecule has 2 aromatic rings. The minimum atomic E-state index is -0.331. The number of methoxy groups -OCH3 is 1. The summed E-state index contributed by atoms with van der Waals surface area (Å²) in [5.74, 6) is 0.570. The van der Waals surface area contributed by atoms with Gasteiger partial charge in [-0.05, 0) is 47.9 Å². The Kier molecular flexibility index (Phi) is 5.51. The van der Waals surface area contributed by atoms with E-state index in [-0.39, 0.29) is 18.0 Å². The Balaban J connectivity index is 1.89. The van der Waals surface area contributed by atoms with Crippen molar-refractivity contribution in [3.8, 4) is 5.75 Å². The molecule has 0 radical (unpaired) electrons. The monoisotopic (exact) mass is 350 g/mol. The van der Waals surface area contributed by atoms with Crippen LogP contribution in [-0.4, -0.2) is 12.9 Å². The van der Waals surface area contributed by atoms with E-state index in [9.17, 15) is 9.18 Å². The van der Waals surface area contributed by atoms with Gasteiger partial charge in [-0.15, -0.1) is 0 Å². The van der Waals surface area contributed by atoms with Gasteiger partial charge in [0.05, 0.1) is 7.11 Å². The standard InChI is InChI=1S/C17H16BrFO2/c1-21-17-6-3-12(4-7-17)2-5-16(20)10-13-8-14(18)11-15(19)9-13/h3-4,6-9,11H,2,5,10H2,1H3. The van der Waals surface area contributed by atoms with Crippen molar-refractivity contribution in [2.24, 2.45) is 0 Å². The molecule has 0 aliphatic rings. The first-order valence-electron chi connectivity index (χ1n) is 6.66. The highest BCUT2D eigenvalue weighted by Crippen LogP contribution is 2.17. The Bertz CT molecular complexity index is 603. The molecule has 0 aromatic heterocycles. The lowest BCUT2D eigenvalue weighted by molar-refractivity contribution is -0.118.